The average molecular weight is 535 g/mol. The van der Waals surface area contributed by atoms with Crippen LogP contribution in [0.25, 0.3) is 43.6 Å². The number of fused-ring (bicyclic) bond motifs is 5. The van der Waals surface area contributed by atoms with E-state index >= 15 is 0 Å². The second-order valence-electron chi connectivity index (χ2n) is 12.8. The predicted molar refractivity (Wildman–Crippen MR) is 157 cm³/mol. The van der Waals surface area contributed by atoms with Crippen LogP contribution in [0.4, 0.5) is 0 Å². The number of hydrogen-bond acceptors (Lipinski definition) is 1. The van der Waals surface area contributed by atoms with Gasteiger partial charge in [0, 0.05) is 0 Å². The number of aryl methyl sites for hydroxylation is 2. The minimum absolute atomic E-state index is 0.141. The van der Waals surface area contributed by atoms with Gasteiger partial charge in [-0.1, -0.05) is 0 Å². The molecule has 0 amide bonds. The van der Waals surface area contributed by atoms with Gasteiger partial charge in [-0.15, -0.1) is 0 Å². The van der Waals surface area contributed by atoms with Crippen molar-refractivity contribution < 1.29 is 9.30 Å². The van der Waals surface area contributed by atoms with Crippen LogP contribution < -0.4 is 13.7 Å². The van der Waals surface area contributed by atoms with Gasteiger partial charge in [0.2, 0.25) is 0 Å². The van der Waals surface area contributed by atoms with Crippen molar-refractivity contribution in [2.24, 2.45) is 12.5 Å². The van der Waals surface area contributed by atoms with Gasteiger partial charge in [0.1, 0.15) is 0 Å². The number of hydrogen-bond donors (Lipinski definition) is 0. The molecule has 1 aromatic heterocycles. The number of nitrogens with zero attached hydrogens (tertiary/aromatic N) is 1. The molecule has 0 radical (unpaired) electrons. The van der Waals surface area contributed by atoms with Crippen LogP contribution >= 0.6 is 0 Å². The molecule has 1 aliphatic heterocycles. The van der Waals surface area contributed by atoms with Gasteiger partial charge >= 0.3 is 218 Å². The fraction of sp³-hybridized carbons (Fsp3) is 0.303. The molecule has 0 saturated carbocycles. The van der Waals surface area contributed by atoms with E-state index < -0.39 is 13.3 Å². The Balaban J connectivity index is 1.77. The molecule has 0 atom stereocenters. The third kappa shape index (κ3) is 3.56. The predicted octanol–water partition coefficient (Wildman–Crippen LogP) is 8.19. The standard InChI is InChI=1S/C33H36GeNO/c1-20-23-11-9-10-12-24(23)27(19-33(2,3)4)32-29(20)31-30-25(15-16-35(31)8)26-18-22(34(5,6)7)14-13-21(26)17-28(30)36-32/h9-18H,19H2,1-8H3/q+1. The van der Waals surface area contributed by atoms with Crippen molar-refractivity contribution in [3.8, 4) is 22.8 Å². The Morgan fingerprint density at radius 1 is 0.861 bits per heavy atom. The first-order valence-corrected chi connectivity index (χ1v) is 20.4. The summed E-state index contributed by atoms with van der Waals surface area (Å²) < 4.78 is 10.8. The van der Waals surface area contributed by atoms with E-state index in [0.29, 0.717) is 0 Å². The van der Waals surface area contributed by atoms with E-state index in [4.69, 9.17) is 4.74 Å². The van der Waals surface area contributed by atoms with Gasteiger partial charge < -0.3 is 0 Å². The first-order chi connectivity index (χ1) is 16.9. The van der Waals surface area contributed by atoms with Gasteiger partial charge in [0.15, 0.2) is 0 Å². The van der Waals surface area contributed by atoms with Crippen LogP contribution in [0.5, 0.6) is 11.5 Å². The quantitative estimate of drug-likeness (QED) is 0.124. The van der Waals surface area contributed by atoms with E-state index in [1.807, 2.05) is 0 Å². The molecule has 182 valence electrons. The van der Waals surface area contributed by atoms with Crippen LogP contribution in [-0.4, -0.2) is 13.3 Å². The zero-order valence-corrected chi connectivity index (χ0v) is 24.9. The molecule has 1 aliphatic rings. The zero-order valence-electron chi connectivity index (χ0n) is 22.8. The molecule has 5 aromatic rings. The van der Waals surface area contributed by atoms with Crippen LogP contribution in [0.1, 0.15) is 31.9 Å². The van der Waals surface area contributed by atoms with Crippen LogP contribution in [0.3, 0.4) is 0 Å². The first-order valence-electron chi connectivity index (χ1n) is 13.1. The second kappa shape index (κ2) is 7.82. The molecule has 0 saturated heterocycles. The second-order valence-corrected chi connectivity index (χ2v) is 23.5. The van der Waals surface area contributed by atoms with Crippen molar-refractivity contribution in [1.82, 2.24) is 0 Å². The summed E-state index contributed by atoms with van der Waals surface area (Å²) in [6.07, 6.45) is 3.19. The van der Waals surface area contributed by atoms with Gasteiger partial charge in [-0.05, 0) is 0 Å². The number of ether oxygens (including phenoxy) is 1. The summed E-state index contributed by atoms with van der Waals surface area (Å²) in [5, 5.41) is 7.76. The molecule has 2 heterocycles. The van der Waals surface area contributed by atoms with Crippen LogP contribution in [0.15, 0.2) is 60.8 Å². The molecular formula is C33H36GeNO+. The average Bonchev–Trinajstić information content (AvgIpc) is 2.81. The number of aromatic nitrogens is 1. The Labute approximate surface area is 217 Å². The Kier molecular flexibility index (Phi) is 5.12. The van der Waals surface area contributed by atoms with Crippen LogP contribution in [0.2, 0.25) is 17.3 Å². The zero-order chi connectivity index (χ0) is 25.6. The third-order valence-corrected chi connectivity index (χ3v) is 12.0. The Hall–Kier alpha value is -2.85. The molecule has 0 aliphatic carbocycles. The van der Waals surface area contributed by atoms with E-state index in [2.05, 4.69) is 117 Å². The van der Waals surface area contributed by atoms with Crippen molar-refractivity contribution in [3.05, 3.63) is 71.9 Å². The van der Waals surface area contributed by atoms with Crippen LogP contribution in [0, 0.1) is 12.3 Å². The van der Waals surface area contributed by atoms with E-state index in [9.17, 15) is 0 Å². The van der Waals surface area contributed by atoms with Crippen molar-refractivity contribution in [1.29, 1.82) is 0 Å². The van der Waals surface area contributed by atoms with Gasteiger partial charge in [-0.3, -0.25) is 0 Å². The Bertz CT molecular complexity index is 1720. The van der Waals surface area contributed by atoms with Crippen molar-refractivity contribution in [2.45, 2.75) is 51.4 Å². The molecule has 0 spiro atoms. The fourth-order valence-corrected chi connectivity index (χ4v) is 8.40. The molecule has 2 nitrogen and oxygen atoms in total. The maximum absolute atomic E-state index is 6.97. The van der Waals surface area contributed by atoms with Gasteiger partial charge in [-0.2, -0.15) is 0 Å². The summed E-state index contributed by atoms with van der Waals surface area (Å²) >= 11 is -1.97. The fourth-order valence-electron chi connectivity index (χ4n) is 5.96. The number of pyridine rings is 1. The summed E-state index contributed by atoms with van der Waals surface area (Å²) in [5.74, 6) is 9.42. The summed E-state index contributed by atoms with van der Waals surface area (Å²) in [6, 6.07) is 20.5. The summed E-state index contributed by atoms with van der Waals surface area (Å²) in [4.78, 5) is 0. The third-order valence-electron chi connectivity index (χ3n) is 7.75. The van der Waals surface area contributed by atoms with Crippen LogP contribution in [-0.2, 0) is 13.5 Å². The number of rotatable bonds is 2. The Morgan fingerprint density at radius 3 is 2.28 bits per heavy atom. The molecule has 0 unspecified atom stereocenters. The summed E-state index contributed by atoms with van der Waals surface area (Å²) in [6.45, 7) is 9.21. The molecular weight excluding hydrogens is 499 g/mol. The molecule has 3 heteroatoms. The topological polar surface area (TPSA) is 13.1 Å². The summed E-state index contributed by atoms with van der Waals surface area (Å²) in [5.41, 5.74) is 5.27. The molecule has 0 bridgehead atoms. The van der Waals surface area contributed by atoms with Crippen molar-refractivity contribution >= 4 is 50.0 Å². The Morgan fingerprint density at radius 2 is 1.58 bits per heavy atom. The van der Waals surface area contributed by atoms with Crippen molar-refractivity contribution in [2.75, 3.05) is 0 Å². The molecule has 4 aromatic carbocycles. The van der Waals surface area contributed by atoms with E-state index in [1.54, 1.807) is 4.40 Å². The van der Waals surface area contributed by atoms with Crippen molar-refractivity contribution in [3.63, 3.8) is 0 Å². The summed E-state index contributed by atoms with van der Waals surface area (Å²) in [7, 11) is 2.18. The van der Waals surface area contributed by atoms with E-state index in [0.717, 1.165) is 17.9 Å². The molecule has 0 N–H and O–H groups in total. The number of benzene rings is 4. The first kappa shape index (κ1) is 23.5. The van der Waals surface area contributed by atoms with E-state index in [-0.39, 0.29) is 5.41 Å². The van der Waals surface area contributed by atoms with E-state index in [1.165, 1.54) is 54.7 Å². The maximum atomic E-state index is 6.97. The normalized spacial score (nSPS) is 13.3. The van der Waals surface area contributed by atoms with Gasteiger partial charge in [-0.25, -0.2) is 0 Å². The molecule has 36 heavy (non-hydrogen) atoms. The molecule has 6 rings (SSSR count). The molecule has 0 fully saturated rings. The monoisotopic (exact) mass is 536 g/mol. The minimum atomic E-state index is -1.97. The van der Waals surface area contributed by atoms with Gasteiger partial charge in [0.25, 0.3) is 0 Å². The SMILES string of the molecule is Cc1c2c(c(CC(C)(C)C)c3ccccc13)Oc1cc3cc[c]([Ge]([CH3])([CH3])[CH3])cc3c3cc[n+](C)c-2c13. The van der Waals surface area contributed by atoms with Gasteiger partial charge in [0.05, 0.1) is 0 Å².